The topological polar surface area (TPSA) is 18.5 Å². The minimum Gasteiger partial charge on any atom is -0.379 e. The average Bonchev–Trinajstić information content (AvgIpc) is 2.77. The van der Waals surface area contributed by atoms with Crippen LogP contribution in [0, 0.1) is 5.92 Å². The summed E-state index contributed by atoms with van der Waals surface area (Å²) in [5.41, 5.74) is 0. The van der Waals surface area contributed by atoms with E-state index >= 15 is 0 Å². The predicted molar refractivity (Wildman–Crippen MR) is 144 cm³/mol. The van der Waals surface area contributed by atoms with Gasteiger partial charge in [0.25, 0.3) is 0 Å². The van der Waals surface area contributed by atoms with Crippen LogP contribution < -0.4 is 0 Å². The Morgan fingerprint density at radius 2 is 0.844 bits per heavy atom. The van der Waals surface area contributed by atoms with Gasteiger partial charge in [-0.1, -0.05) is 143 Å². The van der Waals surface area contributed by atoms with Crippen LogP contribution in [-0.4, -0.2) is 25.9 Å². The molecule has 2 nitrogen and oxygen atoms in total. The molecule has 0 rings (SSSR count). The number of ether oxygens (including phenoxy) is 2. The fraction of sp³-hybridized carbons (Fsp3) is 1.00. The molecule has 0 amide bonds. The molecule has 32 heavy (non-hydrogen) atoms. The maximum Gasteiger partial charge on any atom is 0.0810 e. The number of hydrogen-bond acceptors (Lipinski definition) is 2. The monoisotopic (exact) mass is 454 g/mol. The molecular weight excluding hydrogens is 392 g/mol. The first-order valence-electron chi connectivity index (χ1n) is 14.9. The van der Waals surface area contributed by atoms with Crippen LogP contribution in [0.4, 0.5) is 0 Å². The first-order valence-corrected chi connectivity index (χ1v) is 14.9. The lowest BCUT2D eigenvalue weighted by Gasteiger charge is -2.20. The molecule has 0 aliphatic carbocycles. The van der Waals surface area contributed by atoms with Crippen molar-refractivity contribution in [2.75, 3.05) is 19.8 Å². The summed E-state index contributed by atoms with van der Waals surface area (Å²) in [6.45, 7) is 11.8. The fourth-order valence-electron chi connectivity index (χ4n) is 4.46. The van der Waals surface area contributed by atoms with Crippen molar-refractivity contribution in [3.8, 4) is 0 Å². The second-order valence-electron chi connectivity index (χ2n) is 10.6. The standard InChI is InChI=1S/C30H62O2/c1-5-7-9-11-13-15-17-19-21-23-25-31-28-30(27-29(3)4)32-26-24-22-20-18-16-14-12-10-8-6-2/h29-30H,5-28H2,1-4H3. The summed E-state index contributed by atoms with van der Waals surface area (Å²) in [6, 6.07) is 0. The third-order valence-electron chi connectivity index (χ3n) is 6.53. The van der Waals surface area contributed by atoms with Gasteiger partial charge in [0.1, 0.15) is 0 Å². The summed E-state index contributed by atoms with van der Waals surface area (Å²) in [5, 5.41) is 0. The molecule has 0 bridgehead atoms. The SMILES string of the molecule is CCCCCCCCCCCCOCC(CC(C)C)OCCCCCCCCCCCC. The van der Waals surface area contributed by atoms with Gasteiger partial charge < -0.3 is 9.47 Å². The summed E-state index contributed by atoms with van der Waals surface area (Å²) in [4.78, 5) is 0. The van der Waals surface area contributed by atoms with E-state index in [2.05, 4.69) is 27.7 Å². The minimum atomic E-state index is 0.289. The first kappa shape index (κ1) is 31.9. The van der Waals surface area contributed by atoms with Gasteiger partial charge >= 0.3 is 0 Å². The zero-order valence-corrected chi connectivity index (χ0v) is 22.9. The highest BCUT2D eigenvalue weighted by Crippen LogP contribution is 2.14. The minimum absolute atomic E-state index is 0.289. The Balaban J connectivity index is 3.52. The zero-order valence-electron chi connectivity index (χ0n) is 22.9. The Kier molecular flexibility index (Phi) is 27.1. The molecule has 0 aromatic carbocycles. The van der Waals surface area contributed by atoms with Crippen molar-refractivity contribution in [1.82, 2.24) is 0 Å². The Bertz CT molecular complexity index is 329. The van der Waals surface area contributed by atoms with Crippen LogP contribution in [0.5, 0.6) is 0 Å². The third-order valence-corrected chi connectivity index (χ3v) is 6.53. The lowest BCUT2D eigenvalue weighted by Crippen LogP contribution is -2.23. The molecule has 1 unspecified atom stereocenters. The van der Waals surface area contributed by atoms with Gasteiger partial charge in [0, 0.05) is 13.2 Å². The van der Waals surface area contributed by atoms with Crippen molar-refractivity contribution in [1.29, 1.82) is 0 Å². The average molecular weight is 455 g/mol. The van der Waals surface area contributed by atoms with Crippen LogP contribution in [0.1, 0.15) is 163 Å². The van der Waals surface area contributed by atoms with Gasteiger partial charge in [-0.2, -0.15) is 0 Å². The van der Waals surface area contributed by atoms with Gasteiger partial charge in [-0.05, 0) is 25.2 Å². The van der Waals surface area contributed by atoms with Crippen LogP contribution in [0.2, 0.25) is 0 Å². The molecule has 194 valence electrons. The lowest BCUT2D eigenvalue weighted by atomic mass is 10.1. The highest BCUT2D eigenvalue weighted by Gasteiger charge is 2.11. The molecule has 0 aliphatic heterocycles. The molecular formula is C30H62O2. The molecule has 0 radical (unpaired) electrons. The highest BCUT2D eigenvalue weighted by molar-refractivity contribution is 4.61. The third kappa shape index (κ3) is 26.2. The molecule has 0 aromatic heterocycles. The van der Waals surface area contributed by atoms with E-state index in [9.17, 15) is 0 Å². The van der Waals surface area contributed by atoms with Gasteiger partial charge in [0.2, 0.25) is 0 Å². The molecule has 0 saturated heterocycles. The number of hydrogen-bond donors (Lipinski definition) is 0. The van der Waals surface area contributed by atoms with E-state index < -0.39 is 0 Å². The smallest absolute Gasteiger partial charge is 0.0810 e. The Hall–Kier alpha value is -0.0800. The largest absolute Gasteiger partial charge is 0.379 e. The summed E-state index contributed by atoms with van der Waals surface area (Å²) in [7, 11) is 0. The van der Waals surface area contributed by atoms with Crippen molar-refractivity contribution in [2.45, 2.75) is 169 Å². The van der Waals surface area contributed by atoms with Gasteiger partial charge in [0.15, 0.2) is 0 Å². The summed E-state index contributed by atoms with van der Waals surface area (Å²) in [6.07, 6.45) is 29.0. The number of rotatable bonds is 27. The molecule has 1 atom stereocenters. The van der Waals surface area contributed by atoms with E-state index in [1.165, 1.54) is 128 Å². The summed E-state index contributed by atoms with van der Waals surface area (Å²) in [5.74, 6) is 0.675. The highest BCUT2D eigenvalue weighted by atomic mass is 16.5. The number of unbranched alkanes of at least 4 members (excludes halogenated alkanes) is 18. The lowest BCUT2D eigenvalue weighted by molar-refractivity contribution is -0.0278. The van der Waals surface area contributed by atoms with Gasteiger partial charge in [-0.25, -0.2) is 0 Å². The normalized spacial score (nSPS) is 12.7. The predicted octanol–water partition coefficient (Wildman–Crippen LogP) is 10.3. The maximum atomic E-state index is 6.20. The molecule has 2 heteroatoms. The molecule has 0 aliphatic rings. The van der Waals surface area contributed by atoms with Crippen LogP contribution in [0.25, 0.3) is 0 Å². The Morgan fingerprint density at radius 1 is 0.469 bits per heavy atom. The van der Waals surface area contributed by atoms with E-state index in [0.717, 1.165) is 26.2 Å². The molecule has 0 fully saturated rings. The molecule has 0 spiro atoms. The molecule has 0 heterocycles. The van der Waals surface area contributed by atoms with Crippen LogP contribution >= 0.6 is 0 Å². The fourth-order valence-corrected chi connectivity index (χ4v) is 4.46. The van der Waals surface area contributed by atoms with Gasteiger partial charge in [0.05, 0.1) is 12.7 Å². The van der Waals surface area contributed by atoms with Crippen LogP contribution in [-0.2, 0) is 9.47 Å². The van der Waals surface area contributed by atoms with E-state index in [0.29, 0.717) is 5.92 Å². The van der Waals surface area contributed by atoms with Crippen molar-refractivity contribution in [3.05, 3.63) is 0 Å². The zero-order chi connectivity index (χ0) is 23.5. The summed E-state index contributed by atoms with van der Waals surface area (Å²) < 4.78 is 12.2. The molecule has 0 N–H and O–H groups in total. The summed E-state index contributed by atoms with van der Waals surface area (Å²) >= 11 is 0. The van der Waals surface area contributed by atoms with E-state index in [4.69, 9.17) is 9.47 Å². The van der Waals surface area contributed by atoms with E-state index in [-0.39, 0.29) is 6.10 Å². The molecule has 0 aromatic rings. The van der Waals surface area contributed by atoms with E-state index in [1.807, 2.05) is 0 Å². The van der Waals surface area contributed by atoms with E-state index in [1.54, 1.807) is 0 Å². The van der Waals surface area contributed by atoms with Crippen molar-refractivity contribution in [2.24, 2.45) is 5.92 Å². The van der Waals surface area contributed by atoms with Crippen molar-refractivity contribution < 1.29 is 9.47 Å². The van der Waals surface area contributed by atoms with Crippen LogP contribution in [0.15, 0.2) is 0 Å². The van der Waals surface area contributed by atoms with Crippen LogP contribution in [0.3, 0.4) is 0 Å². The first-order chi connectivity index (χ1) is 15.7. The van der Waals surface area contributed by atoms with Crippen molar-refractivity contribution in [3.63, 3.8) is 0 Å². The van der Waals surface area contributed by atoms with Crippen molar-refractivity contribution >= 4 is 0 Å². The quantitative estimate of drug-likeness (QED) is 0.115. The second kappa shape index (κ2) is 27.2. The Morgan fingerprint density at radius 3 is 1.25 bits per heavy atom. The Labute approximate surface area is 204 Å². The molecule has 0 saturated carbocycles. The van der Waals surface area contributed by atoms with Gasteiger partial charge in [-0.3, -0.25) is 0 Å². The second-order valence-corrected chi connectivity index (χ2v) is 10.6. The van der Waals surface area contributed by atoms with Gasteiger partial charge in [-0.15, -0.1) is 0 Å². The maximum absolute atomic E-state index is 6.20.